The Bertz CT molecular complexity index is 1910. The zero-order valence-corrected chi connectivity index (χ0v) is 65.5. The van der Waals surface area contributed by atoms with Crippen LogP contribution in [0.1, 0.15) is 396 Å². The first kappa shape index (κ1) is 95.1. The Labute approximate surface area is 594 Å². The van der Waals surface area contributed by atoms with Crippen LogP contribution in [0.5, 0.6) is 0 Å². The molecule has 0 fully saturated rings. The summed E-state index contributed by atoms with van der Waals surface area (Å²) in [5, 5.41) is 10.6. The molecular weight excluding hydrogens is 1270 g/mol. The molecule has 0 radical (unpaired) electrons. The highest BCUT2D eigenvalue weighted by molar-refractivity contribution is 7.47. The summed E-state index contributed by atoms with van der Waals surface area (Å²) in [5.41, 5.74) is 0. The number of carbonyl (C=O) groups is 4. The lowest BCUT2D eigenvalue weighted by atomic mass is 9.99. The molecule has 0 bridgehead atoms. The molecule has 97 heavy (non-hydrogen) atoms. The molecule has 0 saturated heterocycles. The number of hydrogen-bond donors (Lipinski definition) is 3. The van der Waals surface area contributed by atoms with Gasteiger partial charge < -0.3 is 33.8 Å². The van der Waals surface area contributed by atoms with Crippen LogP contribution in [0.15, 0.2) is 0 Å². The molecule has 0 heterocycles. The van der Waals surface area contributed by atoms with E-state index in [1.165, 1.54) is 193 Å². The second-order valence-electron chi connectivity index (χ2n) is 29.5. The Hall–Kier alpha value is -1.94. The van der Waals surface area contributed by atoms with Crippen LogP contribution >= 0.6 is 15.6 Å². The number of ether oxygens (including phenoxy) is 4. The highest BCUT2D eigenvalue weighted by Crippen LogP contribution is 2.45. The molecule has 0 aromatic rings. The van der Waals surface area contributed by atoms with E-state index in [-0.39, 0.29) is 25.7 Å². The third kappa shape index (κ3) is 69.5. The molecule has 0 aliphatic rings. The lowest BCUT2D eigenvalue weighted by Crippen LogP contribution is -2.30. The van der Waals surface area contributed by atoms with Gasteiger partial charge in [0.25, 0.3) is 0 Å². The summed E-state index contributed by atoms with van der Waals surface area (Å²) in [5.74, 6) is 0.983. The molecular formula is C78H152O17P2. The molecule has 0 amide bonds. The van der Waals surface area contributed by atoms with Crippen molar-refractivity contribution < 1.29 is 80.2 Å². The topological polar surface area (TPSA) is 237 Å². The Morgan fingerprint density at radius 3 is 0.732 bits per heavy atom. The number of hydrogen-bond acceptors (Lipinski definition) is 15. The van der Waals surface area contributed by atoms with E-state index < -0.39 is 97.5 Å². The van der Waals surface area contributed by atoms with Crippen molar-refractivity contribution in [2.75, 3.05) is 39.6 Å². The van der Waals surface area contributed by atoms with Crippen molar-refractivity contribution in [3.05, 3.63) is 0 Å². The number of phosphoric acid groups is 2. The molecule has 0 aromatic heterocycles. The summed E-state index contributed by atoms with van der Waals surface area (Å²) >= 11 is 0. The maximum absolute atomic E-state index is 13.1. The molecule has 0 aliphatic carbocycles. The monoisotopic (exact) mass is 1420 g/mol. The van der Waals surface area contributed by atoms with Gasteiger partial charge in [-0.25, -0.2) is 9.13 Å². The normalized spacial score (nSPS) is 14.6. The summed E-state index contributed by atoms with van der Waals surface area (Å²) in [6.07, 6.45) is 52.8. The third-order valence-corrected chi connectivity index (χ3v) is 20.7. The zero-order valence-electron chi connectivity index (χ0n) is 63.7. The number of carbonyl (C=O) groups excluding carboxylic acids is 4. The minimum atomic E-state index is -4.96. The van der Waals surface area contributed by atoms with E-state index in [4.69, 9.17) is 37.0 Å². The van der Waals surface area contributed by atoms with Crippen molar-refractivity contribution in [2.45, 2.75) is 414 Å². The first-order chi connectivity index (χ1) is 46.7. The second kappa shape index (κ2) is 67.2. The molecule has 3 N–H and O–H groups in total. The number of unbranched alkanes of at least 4 members (excludes halogenated alkanes) is 39. The average molecular weight is 1420 g/mol. The van der Waals surface area contributed by atoms with Gasteiger partial charge in [0.05, 0.1) is 26.4 Å². The van der Waals surface area contributed by atoms with Crippen molar-refractivity contribution in [2.24, 2.45) is 23.7 Å². The zero-order chi connectivity index (χ0) is 71.7. The standard InChI is InChI=1S/C78H152O17P2/c1-9-70(7)56-48-40-32-24-21-22-25-34-42-50-58-75(80)88-64-73(95-78(83)61-53-45-36-28-27-33-41-49-57-71(8)10-2)66-92-96(84,85)90-62-72(79)63-91-97(86,87)93-67-74(65-89-76(81)59-51-43-37-29-31-39-47-55-69(5)6)94-77(82)60-52-44-35-26-20-18-16-14-12-11-13-15-17-19-23-30-38-46-54-68(3)4/h68-74,79H,9-67H2,1-8H3,(H,84,85)(H,86,87)/t70?,71?,72?,73-,74-/m1/s1. The molecule has 0 saturated carbocycles. The Kier molecular flexibility index (Phi) is 65.9. The minimum absolute atomic E-state index is 0.104. The van der Waals surface area contributed by atoms with E-state index in [0.717, 1.165) is 114 Å². The van der Waals surface area contributed by atoms with E-state index in [9.17, 15) is 43.2 Å². The number of phosphoric ester groups is 2. The average Bonchev–Trinajstić information content (AvgIpc) is 1.26. The van der Waals surface area contributed by atoms with E-state index in [2.05, 4.69) is 55.4 Å². The van der Waals surface area contributed by atoms with E-state index in [1.54, 1.807) is 0 Å². The highest BCUT2D eigenvalue weighted by atomic mass is 31.2. The van der Waals surface area contributed by atoms with Crippen molar-refractivity contribution in [3.63, 3.8) is 0 Å². The summed E-state index contributed by atoms with van der Waals surface area (Å²) in [7, 11) is -9.92. The number of esters is 4. The predicted molar refractivity (Wildman–Crippen MR) is 395 cm³/mol. The summed E-state index contributed by atoms with van der Waals surface area (Å²) in [6.45, 7) is 14.2. The van der Waals surface area contributed by atoms with Crippen LogP contribution < -0.4 is 0 Å². The fourth-order valence-electron chi connectivity index (χ4n) is 11.8. The van der Waals surface area contributed by atoms with Gasteiger partial charge in [-0.2, -0.15) is 0 Å². The van der Waals surface area contributed by atoms with Crippen molar-refractivity contribution in [1.82, 2.24) is 0 Å². The van der Waals surface area contributed by atoms with Gasteiger partial charge in [0.15, 0.2) is 12.2 Å². The molecule has 5 unspecified atom stereocenters. The maximum atomic E-state index is 13.1. The molecule has 0 spiro atoms. The highest BCUT2D eigenvalue weighted by Gasteiger charge is 2.30. The minimum Gasteiger partial charge on any atom is -0.462 e. The Morgan fingerprint density at radius 2 is 0.495 bits per heavy atom. The van der Waals surface area contributed by atoms with Crippen LogP contribution in [0.4, 0.5) is 0 Å². The van der Waals surface area contributed by atoms with Crippen molar-refractivity contribution in [1.29, 1.82) is 0 Å². The van der Waals surface area contributed by atoms with E-state index >= 15 is 0 Å². The third-order valence-electron chi connectivity index (χ3n) is 18.8. The van der Waals surface area contributed by atoms with E-state index in [1.807, 2.05) is 0 Å². The number of aliphatic hydroxyl groups excluding tert-OH is 1. The van der Waals surface area contributed by atoms with Crippen LogP contribution in [0.3, 0.4) is 0 Å². The molecule has 0 rings (SSSR count). The lowest BCUT2D eigenvalue weighted by Gasteiger charge is -2.21. The molecule has 19 heteroatoms. The Morgan fingerprint density at radius 1 is 0.289 bits per heavy atom. The van der Waals surface area contributed by atoms with Crippen LogP contribution in [0.25, 0.3) is 0 Å². The first-order valence-electron chi connectivity index (χ1n) is 40.3. The molecule has 17 nitrogen and oxygen atoms in total. The van der Waals surface area contributed by atoms with Crippen molar-refractivity contribution >= 4 is 39.5 Å². The second-order valence-corrected chi connectivity index (χ2v) is 32.4. The van der Waals surface area contributed by atoms with Gasteiger partial charge in [-0.05, 0) is 49.4 Å². The quantitative estimate of drug-likeness (QED) is 0.0222. The fourth-order valence-corrected chi connectivity index (χ4v) is 13.4. The smallest absolute Gasteiger partial charge is 0.462 e. The van der Waals surface area contributed by atoms with Gasteiger partial charge in [0, 0.05) is 25.7 Å². The first-order valence-corrected chi connectivity index (χ1v) is 43.3. The molecule has 7 atom stereocenters. The van der Waals surface area contributed by atoms with Crippen molar-refractivity contribution in [3.8, 4) is 0 Å². The SMILES string of the molecule is CCC(C)CCCCCCCCCCCCC(=O)OC[C@H](COP(=O)(O)OCC(O)COP(=O)(O)OC[C@@H](COC(=O)CCCCCCCCCC(C)C)OC(=O)CCCCCCCCCCCCCCCCCCCCC(C)C)OC(=O)CCCCCCCCCCC(C)CC. The fraction of sp³-hybridized carbons (Fsp3) is 0.949. The van der Waals surface area contributed by atoms with Crippen LogP contribution in [-0.4, -0.2) is 96.7 Å². The largest absolute Gasteiger partial charge is 0.472 e. The maximum Gasteiger partial charge on any atom is 0.472 e. The molecule has 0 aromatic carbocycles. The van der Waals surface area contributed by atoms with Crippen LogP contribution in [0.2, 0.25) is 0 Å². The lowest BCUT2D eigenvalue weighted by molar-refractivity contribution is -0.161. The number of rotatable bonds is 75. The van der Waals surface area contributed by atoms with Gasteiger partial charge in [-0.1, -0.05) is 344 Å². The summed E-state index contributed by atoms with van der Waals surface area (Å²) in [4.78, 5) is 72.9. The number of aliphatic hydroxyl groups is 1. The summed E-state index contributed by atoms with van der Waals surface area (Å²) < 4.78 is 68.6. The molecule has 576 valence electrons. The van der Waals surface area contributed by atoms with Gasteiger partial charge in [0.2, 0.25) is 0 Å². The summed E-state index contributed by atoms with van der Waals surface area (Å²) in [6, 6.07) is 0. The Balaban J connectivity index is 5.20. The van der Waals surface area contributed by atoms with Gasteiger partial charge in [0.1, 0.15) is 19.3 Å². The molecule has 0 aliphatic heterocycles. The van der Waals surface area contributed by atoms with Gasteiger partial charge in [-0.15, -0.1) is 0 Å². The predicted octanol–water partition coefficient (Wildman–Crippen LogP) is 22.8. The van der Waals surface area contributed by atoms with Gasteiger partial charge in [-0.3, -0.25) is 37.3 Å². The van der Waals surface area contributed by atoms with E-state index in [0.29, 0.717) is 31.6 Å². The van der Waals surface area contributed by atoms with Gasteiger partial charge >= 0.3 is 39.5 Å². The van der Waals surface area contributed by atoms with Crippen LogP contribution in [0, 0.1) is 23.7 Å². The van der Waals surface area contributed by atoms with Crippen LogP contribution in [-0.2, 0) is 65.4 Å².